The van der Waals surface area contributed by atoms with Gasteiger partial charge in [0.2, 0.25) is 5.91 Å². The largest absolute Gasteiger partial charge is 0.377 e. The van der Waals surface area contributed by atoms with Gasteiger partial charge in [0.05, 0.1) is 31.2 Å². The zero-order chi connectivity index (χ0) is 19.1. The number of nitriles is 1. The first-order valence-corrected chi connectivity index (χ1v) is 9.87. The highest BCUT2D eigenvalue weighted by Crippen LogP contribution is 2.36. The Hall–Kier alpha value is -2.69. The van der Waals surface area contributed by atoms with Crippen molar-refractivity contribution in [2.24, 2.45) is 5.92 Å². The minimum atomic E-state index is -0.123. The number of nitrogens with one attached hydrogen (secondary N) is 2. The Kier molecular flexibility index (Phi) is 4.18. The summed E-state index contributed by atoms with van der Waals surface area (Å²) in [5.41, 5.74) is 3.05. The summed E-state index contributed by atoms with van der Waals surface area (Å²) < 4.78 is 5.41. The second kappa shape index (κ2) is 6.73. The van der Waals surface area contributed by atoms with Crippen LogP contribution >= 0.6 is 0 Å². The van der Waals surface area contributed by atoms with Crippen LogP contribution in [0.3, 0.4) is 0 Å². The third-order valence-electron chi connectivity index (χ3n) is 6.10. The minimum Gasteiger partial charge on any atom is -0.377 e. The lowest BCUT2D eigenvalue weighted by Crippen LogP contribution is -2.62. The van der Waals surface area contributed by atoms with Crippen molar-refractivity contribution in [1.82, 2.24) is 14.9 Å². The highest BCUT2D eigenvalue weighted by Gasteiger charge is 2.44. The summed E-state index contributed by atoms with van der Waals surface area (Å²) in [4.78, 5) is 22.3. The Morgan fingerprint density at radius 1 is 1.46 bits per heavy atom. The fourth-order valence-corrected chi connectivity index (χ4v) is 4.17. The Morgan fingerprint density at radius 2 is 2.32 bits per heavy atom. The van der Waals surface area contributed by atoms with Gasteiger partial charge in [0, 0.05) is 30.6 Å². The number of rotatable bonds is 5. The molecule has 5 rings (SSSR count). The van der Waals surface area contributed by atoms with Crippen LogP contribution < -0.4 is 5.32 Å². The number of aromatic nitrogens is 2. The van der Waals surface area contributed by atoms with Gasteiger partial charge in [-0.1, -0.05) is 6.08 Å². The molecule has 0 bridgehead atoms. The van der Waals surface area contributed by atoms with Gasteiger partial charge in [-0.05, 0) is 42.5 Å². The summed E-state index contributed by atoms with van der Waals surface area (Å²) in [7, 11) is 0. The summed E-state index contributed by atoms with van der Waals surface area (Å²) >= 11 is 0. The van der Waals surface area contributed by atoms with Crippen molar-refractivity contribution in [2.45, 2.75) is 31.2 Å². The van der Waals surface area contributed by atoms with Crippen LogP contribution in [0.4, 0.5) is 5.82 Å². The van der Waals surface area contributed by atoms with Crippen LogP contribution in [-0.4, -0.2) is 52.6 Å². The molecule has 7 heteroatoms. The lowest BCUT2D eigenvalue weighted by Gasteiger charge is -2.49. The molecule has 0 aromatic carbocycles. The molecule has 144 valence electrons. The van der Waals surface area contributed by atoms with Crippen molar-refractivity contribution in [3.63, 3.8) is 0 Å². The molecule has 28 heavy (non-hydrogen) atoms. The average molecular weight is 377 g/mol. The normalized spacial score (nSPS) is 21.6. The van der Waals surface area contributed by atoms with Crippen LogP contribution in [0.2, 0.25) is 0 Å². The van der Waals surface area contributed by atoms with E-state index in [0.717, 1.165) is 48.9 Å². The van der Waals surface area contributed by atoms with E-state index in [1.165, 1.54) is 5.57 Å². The number of ether oxygens (including phenoxy) is 1. The van der Waals surface area contributed by atoms with Crippen LogP contribution in [0.15, 0.2) is 24.4 Å². The van der Waals surface area contributed by atoms with Gasteiger partial charge >= 0.3 is 0 Å². The molecule has 4 heterocycles. The molecule has 2 N–H and O–H groups in total. The van der Waals surface area contributed by atoms with E-state index in [1.54, 1.807) is 0 Å². The van der Waals surface area contributed by atoms with Crippen molar-refractivity contribution >= 4 is 28.3 Å². The number of H-pyrrole nitrogens is 1. The Bertz CT molecular complexity index is 994. The predicted molar refractivity (Wildman–Crippen MR) is 105 cm³/mol. The van der Waals surface area contributed by atoms with Gasteiger partial charge in [0.25, 0.3) is 0 Å². The maximum Gasteiger partial charge on any atom is 0.228 e. The van der Waals surface area contributed by atoms with Crippen LogP contribution in [0.5, 0.6) is 0 Å². The van der Waals surface area contributed by atoms with Crippen LogP contribution in [0.25, 0.3) is 16.6 Å². The minimum absolute atomic E-state index is 0.0663. The lowest BCUT2D eigenvalue weighted by molar-refractivity contribution is -0.135. The number of aromatic amines is 1. The highest BCUT2D eigenvalue weighted by molar-refractivity contribution is 5.97. The third kappa shape index (κ3) is 2.99. The van der Waals surface area contributed by atoms with E-state index in [0.29, 0.717) is 25.5 Å². The third-order valence-corrected chi connectivity index (χ3v) is 6.10. The molecule has 0 unspecified atom stereocenters. The molecule has 2 fully saturated rings. The summed E-state index contributed by atoms with van der Waals surface area (Å²) in [6.45, 7) is 2.98. The number of hydrogen-bond acceptors (Lipinski definition) is 5. The Labute approximate surface area is 163 Å². The van der Waals surface area contributed by atoms with Gasteiger partial charge in [-0.15, -0.1) is 0 Å². The second-order valence-corrected chi connectivity index (χ2v) is 8.04. The van der Waals surface area contributed by atoms with Gasteiger partial charge in [-0.2, -0.15) is 5.26 Å². The molecule has 0 radical (unpaired) electrons. The Balaban J connectivity index is 1.42. The van der Waals surface area contributed by atoms with Crippen molar-refractivity contribution in [1.29, 1.82) is 5.26 Å². The van der Waals surface area contributed by atoms with Gasteiger partial charge in [0.1, 0.15) is 11.5 Å². The van der Waals surface area contributed by atoms with Crippen molar-refractivity contribution in [3.8, 4) is 6.07 Å². The van der Waals surface area contributed by atoms with Gasteiger partial charge in [-0.3, -0.25) is 9.69 Å². The Morgan fingerprint density at radius 3 is 2.96 bits per heavy atom. The van der Waals surface area contributed by atoms with Crippen LogP contribution in [0.1, 0.15) is 31.2 Å². The van der Waals surface area contributed by atoms with Gasteiger partial charge in [0.15, 0.2) is 0 Å². The fourth-order valence-electron chi connectivity index (χ4n) is 4.17. The maximum absolute atomic E-state index is 12.2. The molecule has 7 nitrogen and oxygen atoms in total. The number of fused-ring (bicyclic) bond motifs is 1. The summed E-state index contributed by atoms with van der Waals surface area (Å²) in [6.07, 6.45) is 7.47. The van der Waals surface area contributed by atoms with E-state index in [-0.39, 0.29) is 17.4 Å². The maximum atomic E-state index is 12.2. The predicted octanol–water partition coefficient (Wildman–Crippen LogP) is 2.68. The number of anilines is 1. The zero-order valence-corrected chi connectivity index (χ0v) is 15.7. The number of carbonyl (C=O) groups excluding carboxylic acids is 1. The number of nitrogens with zero attached hydrogens (tertiary/aromatic N) is 3. The number of carbonyl (C=O) groups is 1. The molecule has 3 aliphatic rings. The summed E-state index contributed by atoms with van der Waals surface area (Å²) in [5.74, 6) is 0.822. The van der Waals surface area contributed by atoms with E-state index in [4.69, 9.17) is 4.74 Å². The quantitative estimate of drug-likeness (QED) is 0.835. The fraction of sp³-hybridized carbons (Fsp3) is 0.476. The van der Waals surface area contributed by atoms with Crippen molar-refractivity contribution in [3.05, 3.63) is 30.0 Å². The molecule has 1 amide bonds. The molecule has 2 aliphatic heterocycles. The molecular formula is C21H23N5O2. The van der Waals surface area contributed by atoms with E-state index in [1.807, 2.05) is 18.3 Å². The molecule has 1 aliphatic carbocycles. The van der Waals surface area contributed by atoms with Crippen LogP contribution in [0, 0.1) is 17.2 Å². The van der Waals surface area contributed by atoms with Crippen molar-refractivity contribution < 1.29 is 9.53 Å². The second-order valence-electron chi connectivity index (χ2n) is 8.04. The first kappa shape index (κ1) is 17.4. The number of amides is 1. The van der Waals surface area contributed by atoms with E-state index < -0.39 is 0 Å². The molecular weight excluding hydrogens is 354 g/mol. The molecule has 0 spiro atoms. The lowest BCUT2D eigenvalue weighted by atomic mass is 9.88. The summed E-state index contributed by atoms with van der Waals surface area (Å²) in [5, 5.41) is 13.2. The number of pyridine rings is 1. The molecule has 2 aromatic rings. The van der Waals surface area contributed by atoms with Crippen LogP contribution in [-0.2, 0) is 9.53 Å². The molecule has 1 saturated heterocycles. The SMILES string of the molecule is N#CCC1(N2CC=C(c3cc(NC(=O)C4CC4)nc4[nH]ccc34)CC2)COC1. The van der Waals surface area contributed by atoms with E-state index >= 15 is 0 Å². The van der Waals surface area contributed by atoms with Gasteiger partial charge in [-0.25, -0.2) is 4.98 Å². The highest BCUT2D eigenvalue weighted by atomic mass is 16.5. The first-order valence-electron chi connectivity index (χ1n) is 9.87. The average Bonchev–Trinajstić information content (AvgIpc) is 3.43. The van der Waals surface area contributed by atoms with Crippen molar-refractivity contribution in [2.75, 3.05) is 31.6 Å². The number of hydrogen-bond donors (Lipinski definition) is 2. The van der Waals surface area contributed by atoms with E-state index in [9.17, 15) is 10.1 Å². The standard InChI is InChI=1S/C21H23N5O2/c22-7-6-21(12-28-13-21)26-9-4-14(5-10-26)17-11-18(25-20(27)15-1-2-15)24-19-16(17)3-8-23-19/h3-4,8,11,15H,1-2,5-6,9-10,12-13H2,(H2,23,24,25,27). The summed E-state index contributed by atoms with van der Waals surface area (Å²) in [6, 6.07) is 6.35. The van der Waals surface area contributed by atoms with Gasteiger partial charge < -0.3 is 15.0 Å². The monoisotopic (exact) mass is 377 g/mol. The zero-order valence-electron chi connectivity index (χ0n) is 15.7. The first-order chi connectivity index (χ1) is 13.7. The molecule has 2 aromatic heterocycles. The van der Waals surface area contributed by atoms with E-state index in [2.05, 4.69) is 32.3 Å². The topological polar surface area (TPSA) is 94.0 Å². The molecule has 1 saturated carbocycles. The smallest absolute Gasteiger partial charge is 0.228 e. The molecule has 0 atom stereocenters.